The number of para-hydroxylation sites is 1. The molecule has 0 radical (unpaired) electrons. The maximum Gasteiger partial charge on any atom is 0.339 e. The van der Waals surface area contributed by atoms with Crippen LogP contribution >= 0.6 is 15.9 Å². The highest BCUT2D eigenvalue weighted by atomic mass is 79.9. The van der Waals surface area contributed by atoms with Gasteiger partial charge in [-0.25, -0.2) is 14.5 Å². The molecule has 0 saturated carbocycles. The normalized spacial score (nSPS) is 17.8. The van der Waals surface area contributed by atoms with Gasteiger partial charge in [0.05, 0.1) is 16.8 Å². The van der Waals surface area contributed by atoms with Crippen molar-refractivity contribution in [3.05, 3.63) is 101 Å². The highest BCUT2D eigenvalue weighted by Gasteiger charge is 2.54. The lowest BCUT2D eigenvalue weighted by Crippen LogP contribution is -2.37. The van der Waals surface area contributed by atoms with Crippen molar-refractivity contribution in [2.75, 3.05) is 4.90 Å². The Hall–Kier alpha value is -3.78. The minimum absolute atomic E-state index is 0.195. The Morgan fingerprint density at radius 3 is 1.50 bits per heavy atom. The minimum Gasteiger partial charge on any atom is -0.444 e. The number of rotatable bonds is 5. The largest absolute Gasteiger partial charge is 0.444 e. The van der Waals surface area contributed by atoms with Crippen LogP contribution in [-0.4, -0.2) is 36.0 Å². The average molecular weight is 494 g/mol. The van der Waals surface area contributed by atoms with Crippen molar-refractivity contribution in [3.63, 3.8) is 0 Å². The van der Waals surface area contributed by atoms with E-state index in [4.69, 9.17) is 9.47 Å². The molecule has 0 N–H and O–H groups in total. The molecule has 4 rings (SSSR count). The van der Waals surface area contributed by atoms with Gasteiger partial charge in [0, 0.05) is 4.47 Å². The minimum atomic E-state index is -1.63. The number of halogens is 1. The number of carbonyl (C=O) groups excluding carboxylic acids is 4. The lowest BCUT2D eigenvalue weighted by Gasteiger charge is -2.16. The molecule has 1 fully saturated rings. The summed E-state index contributed by atoms with van der Waals surface area (Å²) in [6.45, 7) is 0. The summed E-state index contributed by atoms with van der Waals surface area (Å²) in [5, 5.41) is 0. The standard InChI is InChI=1S/C24H16BrNO6/c25-17-13-7-8-14-18(17)26-21(27)19(31-23(29)15-9-3-1-4-10-15)20(22(26)28)32-24(30)16-11-5-2-6-12-16/h1-14,19-20H/t19-,20+. The Morgan fingerprint density at radius 2 is 1.06 bits per heavy atom. The summed E-state index contributed by atoms with van der Waals surface area (Å²) in [5.74, 6) is -3.24. The molecule has 160 valence electrons. The molecule has 1 saturated heterocycles. The van der Waals surface area contributed by atoms with Gasteiger partial charge in [0.2, 0.25) is 12.2 Å². The number of ether oxygens (including phenoxy) is 2. The number of esters is 2. The predicted octanol–water partition coefficient (Wildman–Crippen LogP) is 3.77. The van der Waals surface area contributed by atoms with Crippen LogP contribution in [0.2, 0.25) is 0 Å². The van der Waals surface area contributed by atoms with Gasteiger partial charge >= 0.3 is 11.9 Å². The molecule has 1 heterocycles. The van der Waals surface area contributed by atoms with Crippen LogP contribution in [0.5, 0.6) is 0 Å². The number of amides is 2. The van der Waals surface area contributed by atoms with Gasteiger partial charge in [-0.2, -0.15) is 0 Å². The van der Waals surface area contributed by atoms with Gasteiger partial charge in [-0.3, -0.25) is 9.59 Å². The molecular formula is C24H16BrNO6. The van der Waals surface area contributed by atoms with Crippen LogP contribution in [0, 0.1) is 0 Å². The second kappa shape index (κ2) is 9.15. The van der Waals surface area contributed by atoms with E-state index in [0.717, 1.165) is 4.90 Å². The number of nitrogens with zero attached hydrogens (tertiary/aromatic N) is 1. The molecule has 32 heavy (non-hydrogen) atoms. The molecule has 3 aromatic rings. The molecule has 0 aliphatic carbocycles. The van der Waals surface area contributed by atoms with E-state index in [1.54, 1.807) is 60.7 Å². The molecule has 1 aliphatic heterocycles. The lowest BCUT2D eigenvalue weighted by atomic mass is 10.2. The molecule has 0 bridgehead atoms. The van der Waals surface area contributed by atoms with Gasteiger partial charge < -0.3 is 9.47 Å². The second-order valence-corrected chi connectivity index (χ2v) is 7.70. The first-order valence-corrected chi connectivity index (χ1v) is 10.4. The Balaban J connectivity index is 1.67. The first kappa shape index (κ1) is 21.5. The Bertz CT molecular complexity index is 1110. The van der Waals surface area contributed by atoms with E-state index in [0.29, 0.717) is 4.47 Å². The Labute approximate surface area is 191 Å². The van der Waals surface area contributed by atoms with Gasteiger partial charge in [0.1, 0.15) is 0 Å². The number of imide groups is 1. The number of hydrogen-bond donors (Lipinski definition) is 0. The third-order valence-electron chi connectivity index (χ3n) is 4.78. The van der Waals surface area contributed by atoms with Crippen molar-refractivity contribution in [2.45, 2.75) is 12.2 Å². The van der Waals surface area contributed by atoms with Crippen molar-refractivity contribution in [2.24, 2.45) is 0 Å². The molecule has 1 aliphatic rings. The number of carbonyl (C=O) groups is 4. The summed E-state index contributed by atoms with van der Waals surface area (Å²) in [7, 11) is 0. The van der Waals surface area contributed by atoms with Crippen LogP contribution in [0.4, 0.5) is 5.69 Å². The molecule has 2 atom stereocenters. The zero-order valence-corrected chi connectivity index (χ0v) is 18.1. The molecule has 2 amide bonds. The smallest absolute Gasteiger partial charge is 0.339 e. The summed E-state index contributed by atoms with van der Waals surface area (Å²) in [6, 6.07) is 22.6. The molecular weight excluding hydrogens is 478 g/mol. The summed E-state index contributed by atoms with van der Waals surface area (Å²) < 4.78 is 11.2. The summed E-state index contributed by atoms with van der Waals surface area (Å²) in [6.07, 6.45) is -3.26. The van der Waals surface area contributed by atoms with Crippen LogP contribution in [-0.2, 0) is 19.1 Å². The van der Waals surface area contributed by atoms with E-state index in [-0.39, 0.29) is 16.8 Å². The fourth-order valence-electron chi connectivity index (χ4n) is 3.23. The third-order valence-corrected chi connectivity index (χ3v) is 5.45. The topological polar surface area (TPSA) is 90.0 Å². The number of hydrogen-bond acceptors (Lipinski definition) is 6. The van der Waals surface area contributed by atoms with Crippen molar-refractivity contribution < 1.29 is 28.7 Å². The molecule has 0 aromatic heterocycles. The zero-order valence-electron chi connectivity index (χ0n) is 16.5. The highest BCUT2D eigenvalue weighted by Crippen LogP contribution is 2.32. The predicted molar refractivity (Wildman–Crippen MR) is 118 cm³/mol. The number of anilines is 1. The van der Waals surface area contributed by atoms with Gasteiger partial charge in [-0.05, 0) is 52.3 Å². The van der Waals surface area contributed by atoms with Crippen LogP contribution in [0.25, 0.3) is 0 Å². The van der Waals surface area contributed by atoms with Crippen molar-refractivity contribution >= 4 is 45.4 Å². The van der Waals surface area contributed by atoms with E-state index in [1.165, 1.54) is 24.3 Å². The molecule has 8 heteroatoms. The molecule has 0 unspecified atom stereocenters. The number of benzene rings is 3. The monoisotopic (exact) mass is 493 g/mol. The summed E-state index contributed by atoms with van der Waals surface area (Å²) in [5.41, 5.74) is 0.641. The lowest BCUT2D eigenvalue weighted by molar-refractivity contribution is -0.130. The average Bonchev–Trinajstić information content (AvgIpc) is 3.04. The molecule has 7 nitrogen and oxygen atoms in total. The van der Waals surface area contributed by atoms with E-state index < -0.39 is 36.0 Å². The second-order valence-electron chi connectivity index (χ2n) is 6.85. The zero-order chi connectivity index (χ0) is 22.7. The molecule has 3 aromatic carbocycles. The summed E-state index contributed by atoms with van der Waals surface area (Å²) in [4.78, 5) is 52.4. The van der Waals surface area contributed by atoms with Crippen molar-refractivity contribution in [1.82, 2.24) is 0 Å². The first-order valence-electron chi connectivity index (χ1n) is 9.62. The van der Waals surface area contributed by atoms with Crippen molar-refractivity contribution in [3.8, 4) is 0 Å². The van der Waals surface area contributed by atoms with Gasteiger partial charge in [0.25, 0.3) is 11.8 Å². The Kier molecular flexibility index (Phi) is 6.13. The molecule has 0 spiro atoms. The van der Waals surface area contributed by atoms with E-state index in [1.807, 2.05) is 0 Å². The fourth-order valence-corrected chi connectivity index (χ4v) is 3.69. The fraction of sp³-hybridized carbons (Fsp3) is 0.0833. The maximum atomic E-state index is 13.2. The SMILES string of the molecule is O=C(O[C@@H]1C(=O)N(c2ccccc2Br)C(=O)[C@@H]1OC(=O)c1ccccc1)c1ccccc1. The van der Waals surface area contributed by atoms with E-state index in [2.05, 4.69) is 15.9 Å². The van der Waals surface area contributed by atoms with Crippen LogP contribution < -0.4 is 4.90 Å². The van der Waals surface area contributed by atoms with E-state index in [9.17, 15) is 19.2 Å². The quantitative estimate of drug-likeness (QED) is 0.396. The van der Waals surface area contributed by atoms with Gasteiger partial charge in [-0.15, -0.1) is 0 Å². The maximum absolute atomic E-state index is 13.2. The van der Waals surface area contributed by atoms with Crippen LogP contribution in [0.3, 0.4) is 0 Å². The van der Waals surface area contributed by atoms with Crippen LogP contribution in [0.1, 0.15) is 20.7 Å². The third kappa shape index (κ3) is 4.17. The van der Waals surface area contributed by atoms with Crippen LogP contribution in [0.15, 0.2) is 89.4 Å². The Morgan fingerprint density at radius 1 is 0.656 bits per heavy atom. The highest BCUT2D eigenvalue weighted by molar-refractivity contribution is 9.10. The van der Waals surface area contributed by atoms with Gasteiger partial charge in [-0.1, -0.05) is 48.5 Å². The van der Waals surface area contributed by atoms with E-state index >= 15 is 0 Å². The summed E-state index contributed by atoms with van der Waals surface area (Å²) >= 11 is 3.31. The van der Waals surface area contributed by atoms with Crippen molar-refractivity contribution in [1.29, 1.82) is 0 Å². The van der Waals surface area contributed by atoms with Gasteiger partial charge in [0.15, 0.2) is 0 Å². The first-order chi connectivity index (χ1) is 15.5.